The van der Waals surface area contributed by atoms with E-state index in [9.17, 15) is 5.11 Å². The average Bonchev–Trinajstić information content (AvgIpc) is 2.72. The van der Waals surface area contributed by atoms with Gasteiger partial charge in [-0.1, -0.05) is 27.7 Å². The van der Waals surface area contributed by atoms with Gasteiger partial charge < -0.3 is 9.84 Å². The molecule has 18 heavy (non-hydrogen) atoms. The number of aliphatic hydroxyl groups excluding tert-OH is 1. The summed E-state index contributed by atoms with van der Waals surface area (Å²) in [5.74, 6) is 0. The van der Waals surface area contributed by atoms with E-state index in [0.29, 0.717) is 19.4 Å². The number of hydrogen-bond acceptors (Lipinski definition) is 4. The first-order valence-electron chi connectivity index (χ1n) is 6.64. The minimum Gasteiger partial charge on any atom is -0.393 e. The Balaban J connectivity index is 2.35. The summed E-state index contributed by atoms with van der Waals surface area (Å²) in [7, 11) is 0. The summed E-state index contributed by atoms with van der Waals surface area (Å²) < 4.78 is 5.37. The van der Waals surface area contributed by atoms with Crippen molar-refractivity contribution in [2.75, 3.05) is 13.2 Å². The van der Waals surface area contributed by atoms with Gasteiger partial charge in [0.1, 0.15) is 0 Å². The molecule has 0 spiro atoms. The fourth-order valence-corrected chi connectivity index (χ4v) is 2.61. The molecule has 0 radical (unpaired) electrons. The van der Waals surface area contributed by atoms with Crippen LogP contribution in [0.5, 0.6) is 0 Å². The highest BCUT2D eigenvalue weighted by atomic mass is 32.1. The molecule has 1 aromatic heterocycles. The Labute approximate surface area is 114 Å². The van der Waals surface area contributed by atoms with E-state index in [2.05, 4.69) is 38.1 Å². The van der Waals surface area contributed by atoms with E-state index in [1.807, 2.05) is 0 Å². The largest absolute Gasteiger partial charge is 0.393 e. The van der Waals surface area contributed by atoms with Crippen molar-refractivity contribution in [3.63, 3.8) is 0 Å². The van der Waals surface area contributed by atoms with Crippen LogP contribution in [-0.4, -0.2) is 29.4 Å². The van der Waals surface area contributed by atoms with E-state index in [-0.39, 0.29) is 11.5 Å². The average molecular weight is 271 g/mol. The van der Waals surface area contributed by atoms with Crippen molar-refractivity contribution < 1.29 is 9.84 Å². The minimum atomic E-state index is -0.346. The number of ether oxygens (including phenoxy) is 1. The van der Waals surface area contributed by atoms with E-state index >= 15 is 0 Å². The Morgan fingerprint density at radius 2 is 2.11 bits per heavy atom. The van der Waals surface area contributed by atoms with Crippen LogP contribution in [0.2, 0.25) is 0 Å². The van der Waals surface area contributed by atoms with Crippen LogP contribution in [0.1, 0.15) is 51.2 Å². The number of thiazole rings is 1. The van der Waals surface area contributed by atoms with Crippen molar-refractivity contribution in [1.82, 2.24) is 4.98 Å². The smallest absolute Gasteiger partial charge is 0.0954 e. The molecule has 0 aliphatic rings. The van der Waals surface area contributed by atoms with Crippen molar-refractivity contribution in [3.8, 4) is 0 Å². The van der Waals surface area contributed by atoms with Gasteiger partial charge in [0.2, 0.25) is 0 Å². The van der Waals surface area contributed by atoms with Crippen LogP contribution in [-0.2, 0) is 16.6 Å². The summed E-state index contributed by atoms with van der Waals surface area (Å²) in [6.07, 6.45) is 2.00. The van der Waals surface area contributed by atoms with Gasteiger partial charge in [0.25, 0.3) is 0 Å². The molecule has 1 rings (SSSR count). The van der Waals surface area contributed by atoms with Gasteiger partial charge in [-0.15, -0.1) is 11.3 Å². The van der Waals surface area contributed by atoms with Gasteiger partial charge in [0.15, 0.2) is 0 Å². The summed E-state index contributed by atoms with van der Waals surface area (Å²) in [4.78, 5) is 4.58. The Kier molecular flexibility index (Phi) is 6.26. The molecule has 104 valence electrons. The van der Waals surface area contributed by atoms with Crippen LogP contribution < -0.4 is 0 Å². The maximum atomic E-state index is 9.90. The highest BCUT2D eigenvalue weighted by molar-refractivity contribution is 7.09. The van der Waals surface area contributed by atoms with Crippen LogP contribution in [0.4, 0.5) is 0 Å². The molecule has 0 bridgehead atoms. The fraction of sp³-hybridized carbons (Fsp3) is 0.786. The van der Waals surface area contributed by atoms with E-state index < -0.39 is 0 Å². The quantitative estimate of drug-likeness (QED) is 0.775. The lowest BCUT2D eigenvalue weighted by molar-refractivity contribution is 0.0823. The first kappa shape index (κ1) is 15.6. The number of aromatic nitrogens is 1. The van der Waals surface area contributed by atoms with Gasteiger partial charge in [-0.3, -0.25) is 0 Å². The fourth-order valence-electron chi connectivity index (χ4n) is 1.52. The van der Waals surface area contributed by atoms with Crippen molar-refractivity contribution in [2.45, 2.75) is 58.5 Å². The topological polar surface area (TPSA) is 42.4 Å². The van der Waals surface area contributed by atoms with E-state index in [1.54, 1.807) is 11.3 Å². The molecule has 1 atom stereocenters. The first-order chi connectivity index (χ1) is 8.43. The summed E-state index contributed by atoms with van der Waals surface area (Å²) in [6.45, 7) is 9.95. The molecule has 0 saturated carbocycles. The molecule has 0 aliphatic heterocycles. The standard InChI is InChI=1S/C14H25NO2S/c1-5-7-17-8-6-11(16)9-13-15-12(10-18-13)14(2,3)4/h10-11,16H,5-9H2,1-4H3. The first-order valence-corrected chi connectivity index (χ1v) is 7.52. The molecule has 0 aromatic carbocycles. The molecule has 3 nitrogen and oxygen atoms in total. The summed E-state index contributed by atoms with van der Waals surface area (Å²) >= 11 is 1.64. The number of aliphatic hydroxyl groups is 1. The third kappa shape index (κ3) is 5.46. The van der Waals surface area contributed by atoms with Gasteiger partial charge in [0.05, 0.1) is 16.8 Å². The van der Waals surface area contributed by atoms with Crippen LogP contribution >= 0.6 is 11.3 Å². The molecule has 1 aromatic rings. The van der Waals surface area contributed by atoms with Gasteiger partial charge >= 0.3 is 0 Å². The lowest BCUT2D eigenvalue weighted by atomic mass is 9.93. The van der Waals surface area contributed by atoms with Crippen molar-refractivity contribution in [3.05, 3.63) is 16.1 Å². The Morgan fingerprint density at radius 3 is 2.67 bits per heavy atom. The number of nitrogens with zero attached hydrogens (tertiary/aromatic N) is 1. The van der Waals surface area contributed by atoms with Crippen LogP contribution in [0.25, 0.3) is 0 Å². The van der Waals surface area contributed by atoms with Gasteiger partial charge in [-0.2, -0.15) is 0 Å². The second kappa shape index (κ2) is 7.22. The normalized spacial score (nSPS) is 13.8. The summed E-state index contributed by atoms with van der Waals surface area (Å²) in [5, 5.41) is 13.0. The second-order valence-electron chi connectivity index (χ2n) is 5.64. The monoisotopic (exact) mass is 271 g/mol. The van der Waals surface area contributed by atoms with Gasteiger partial charge in [-0.25, -0.2) is 4.98 Å². The summed E-state index contributed by atoms with van der Waals surface area (Å²) in [6, 6.07) is 0. The molecule has 0 saturated heterocycles. The van der Waals surface area contributed by atoms with E-state index in [1.165, 1.54) is 0 Å². The van der Waals surface area contributed by atoms with Crippen molar-refractivity contribution >= 4 is 11.3 Å². The van der Waals surface area contributed by atoms with E-state index in [0.717, 1.165) is 23.7 Å². The SMILES string of the molecule is CCCOCCC(O)Cc1nc(C(C)(C)C)cs1. The Morgan fingerprint density at radius 1 is 1.39 bits per heavy atom. The molecule has 1 unspecified atom stereocenters. The molecule has 0 amide bonds. The molecular formula is C14H25NO2S. The Hall–Kier alpha value is -0.450. The predicted molar refractivity (Wildman–Crippen MR) is 76.3 cm³/mol. The zero-order valence-corrected chi connectivity index (χ0v) is 12.7. The third-order valence-corrected chi connectivity index (χ3v) is 3.55. The highest BCUT2D eigenvalue weighted by Gasteiger charge is 2.18. The second-order valence-corrected chi connectivity index (χ2v) is 6.58. The molecule has 4 heteroatoms. The van der Waals surface area contributed by atoms with Crippen LogP contribution in [0, 0.1) is 0 Å². The predicted octanol–water partition coefficient (Wildman–Crippen LogP) is 3.16. The summed E-state index contributed by atoms with van der Waals surface area (Å²) in [5.41, 5.74) is 1.20. The van der Waals surface area contributed by atoms with Crippen LogP contribution in [0.3, 0.4) is 0 Å². The third-order valence-electron chi connectivity index (χ3n) is 2.67. The zero-order chi connectivity index (χ0) is 13.6. The lowest BCUT2D eigenvalue weighted by Crippen LogP contribution is -2.15. The lowest BCUT2D eigenvalue weighted by Gasteiger charge is -2.14. The highest BCUT2D eigenvalue weighted by Crippen LogP contribution is 2.24. The molecule has 1 heterocycles. The molecule has 1 N–H and O–H groups in total. The molecule has 0 fully saturated rings. The maximum absolute atomic E-state index is 9.90. The van der Waals surface area contributed by atoms with Crippen LogP contribution in [0.15, 0.2) is 5.38 Å². The van der Waals surface area contributed by atoms with Crippen molar-refractivity contribution in [2.24, 2.45) is 0 Å². The number of rotatable bonds is 7. The number of hydrogen-bond donors (Lipinski definition) is 1. The van der Waals surface area contributed by atoms with E-state index in [4.69, 9.17) is 4.74 Å². The van der Waals surface area contributed by atoms with Gasteiger partial charge in [-0.05, 0) is 12.8 Å². The molecule has 0 aliphatic carbocycles. The molecular weight excluding hydrogens is 246 g/mol. The Bertz CT molecular complexity index is 344. The van der Waals surface area contributed by atoms with Gasteiger partial charge in [0, 0.05) is 30.4 Å². The minimum absolute atomic E-state index is 0.0872. The van der Waals surface area contributed by atoms with Crippen molar-refractivity contribution in [1.29, 1.82) is 0 Å². The maximum Gasteiger partial charge on any atom is 0.0954 e. The zero-order valence-electron chi connectivity index (χ0n) is 11.9.